The first kappa shape index (κ1) is 15.1. The molecule has 2 N–H and O–H groups in total. The van der Waals surface area contributed by atoms with Gasteiger partial charge in [0, 0.05) is 24.8 Å². The number of hydrogen-bond donors (Lipinski definition) is 2. The fraction of sp³-hybridized carbons (Fsp3) is 0.529. The maximum absolute atomic E-state index is 12.5. The van der Waals surface area contributed by atoms with Gasteiger partial charge in [-0.15, -0.1) is 0 Å². The summed E-state index contributed by atoms with van der Waals surface area (Å²) >= 11 is 0. The highest BCUT2D eigenvalue weighted by Gasteiger charge is 2.35. The van der Waals surface area contributed by atoms with Crippen molar-refractivity contribution in [3.8, 4) is 0 Å². The molecule has 2 fully saturated rings. The number of anilines is 1. The molecule has 0 bridgehead atoms. The highest BCUT2D eigenvalue weighted by atomic mass is 16.2. The van der Waals surface area contributed by atoms with Gasteiger partial charge < -0.3 is 10.2 Å². The zero-order valence-electron chi connectivity index (χ0n) is 13.8. The molecule has 24 heavy (non-hydrogen) atoms. The summed E-state index contributed by atoms with van der Waals surface area (Å²) in [6.07, 6.45) is 7.49. The van der Waals surface area contributed by atoms with E-state index in [4.69, 9.17) is 0 Å². The van der Waals surface area contributed by atoms with E-state index in [0.29, 0.717) is 11.7 Å². The Bertz CT molecular complexity index is 723. The summed E-state index contributed by atoms with van der Waals surface area (Å²) in [6.45, 7) is 2.65. The van der Waals surface area contributed by atoms with Crippen molar-refractivity contribution in [2.75, 3.05) is 11.9 Å². The predicted octanol–water partition coefficient (Wildman–Crippen LogP) is 2.45. The molecular weight excluding hydrogens is 304 g/mol. The molecule has 0 spiro atoms. The molecule has 0 aromatic carbocycles. The number of carbonyl (C=O) groups is 1. The lowest BCUT2D eigenvalue weighted by atomic mass is 9.98. The van der Waals surface area contributed by atoms with Gasteiger partial charge in [0.25, 0.3) is 5.91 Å². The molecule has 1 atom stereocenters. The first-order valence-electron chi connectivity index (χ1n) is 8.63. The number of aryl methyl sites for hydroxylation is 1. The van der Waals surface area contributed by atoms with Crippen molar-refractivity contribution in [2.45, 2.75) is 51.1 Å². The normalized spacial score (nSPS) is 20.9. The Labute approximate surface area is 140 Å². The van der Waals surface area contributed by atoms with E-state index in [1.165, 1.54) is 25.7 Å². The van der Waals surface area contributed by atoms with E-state index in [2.05, 4.69) is 25.5 Å². The number of aromatic nitrogens is 4. The minimum Gasteiger partial charge on any atom is -0.367 e. The molecule has 7 heteroatoms. The van der Waals surface area contributed by atoms with Gasteiger partial charge in [-0.1, -0.05) is 12.8 Å². The van der Waals surface area contributed by atoms with Crippen LogP contribution in [-0.2, 0) is 0 Å². The van der Waals surface area contributed by atoms with Gasteiger partial charge in [-0.05, 0) is 32.3 Å². The molecule has 3 heterocycles. The van der Waals surface area contributed by atoms with E-state index in [-0.39, 0.29) is 11.9 Å². The number of likely N-dealkylation sites (tertiary alicyclic amines) is 1. The molecule has 2 aromatic heterocycles. The van der Waals surface area contributed by atoms with Gasteiger partial charge in [0.15, 0.2) is 0 Å². The van der Waals surface area contributed by atoms with E-state index < -0.39 is 0 Å². The maximum atomic E-state index is 12.5. The third-order valence-electron chi connectivity index (χ3n) is 4.92. The Morgan fingerprint density at radius 3 is 2.79 bits per heavy atom. The molecule has 1 aliphatic heterocycles. The standard InChI is InChI=1S/C17H22N6O/c1-11-19-14(10-16(20-11)21-12-4-2-3-5-12)15-7-9-23(15)17(24)13-6-8-18-22-13/h6,8,10,12,15H,2-5,7,9H2,1H3,(H,18,22)(H,19,20,21). The zero-order valence-corrected chi connectivity index (χ0v) is 13.8. The number of rotatable bonds is 4. The van der Waals surface area contributed by atoms with E-state index >= 15 is 0 Å². The van der Waals surface area contributed by atoms with Crippen LogP contribution in [0.25, 0.3) is 0 Å². The molecule has 1 saturated heterocycles. The molecule has 1 unspecified atom stereocenters. The lowest BCUT2D eigenvalue weighted by Crippen LogP contribution is -2.45. The van der Waals surface area contributed by atoms with E-state index in [9.17, 15) is 4.79 Å². The van der Waals surface area contributed by atoms with Crippen LogP contribution in [0.4, 0.5) is 5.82 Å². The molecule has 126 valence electrons. The number of nitrogens with zero attached hydrogens (tertiary/aromatic N) is 4. The van der Waals surface area contributed by atoms with Crippen molar-refractivity contribution in [2.24, 2.45) is 0 Å². The highest BCUT2D eigenvalue weighted by Crippen LogP contribution is 2.34. The molecule has 2 aromatic rings. The van der Waals surface area contributed by atoms with Crippen molar-refractivity contribution in [3.05, 3.63) is 35.5 Å². The minimum absolute atomic E-state index is 0.0200. The quantitative estimate of drug-likeness (QED) is 0.901. The van der Waals surface area contributed by atoms with Gasteiger partial charge in [-0.25, -0.2) is 9.97 Å². The summed E-state index contributed by atoms with van der Waals surface area (Å²) in [4.78, 5) is 23.4. The summed E-state index contributed by atoms with van der Waals surface area (Å²) in [5, 5.41) is 10.1. The Morgan fingerprint density at radius 2 is 2.12 bits per heavy atom. The topological polar surface area (TPSA) is 86.8 Å². The predicted molar refractivity (Wildman–Crippen MR) is 89.6 cm³/mol. The van der Waals surface area contributed by atoms with Crippen LogP contribution in [0.1, 0.15) is 60.2 Å². The molecule has 1 amide bonds. The second-order valence-corrected chi connectivity index (χ2v) is 6.62. The minimum atomic E-state index is -0.0229. The molecule has 1 aliphatic carbocycles. The van der Waals surface area contributed by atoms with Crippen molar-refractivity contribution >= 4 is 11.7 Å². The van der Waals surface area contributed by atoms with Crippen molar-refractivity contribution < 1.29 is 4.79 Å². The summed E-state index contributed by atoms with van der Waals surface area (Å²) in [5.74, 6) is 1.60. The number of amides is 1. The average molecular weight is 326 g/mol. The Morgan fingerprint density at radius 1 is 1.29 bits per heavy atom. The molecule has 2 aliphatic rings. The van der Waals surface area contributed by atoms with E-state index in [1.807, 2.05) is 17.9 Å². The third-order valence-corrected chi connectivity index (χ3v) is 4.92. The van der Waals surface area contributed by atoms with Gasteiger partial charge in [0.2, 0.25) is 0 Å². The SMILES string of the molecule is Cc1nc(NC2CCCC2)cc(C2CCN2C(=O)c2ccn[nH]2)n1. The third kappa shape index (κ3) is 2.86. The Hall–Kier alpha value is -2.44. The van der Waals surface area contributed by atoms with Crippen molar-refractivity contribution in [3.63, 3.8) is 0 Å². The smallest absolute Gasteiger partial charge is 0.272 e. The maximum Gasteiger partial charge on any atom is 0.272 e. The van der Waals surface area contributed by atoms with Crippen LogP contribution >= 0.6 is 0 Å². The summed E-state index contributed by atoms with van der Waals surface area (Å²) < 4.78 is 0. The molecule has 7 nitrogen and oxygen atoms in total. The number of nitrogens with one attached hydrogen (secondary N) is 2. The summed E-state index contributed by atoms with van der Waals surface area (Å²) in [5.41, 5.74) is 1.44. The van der Waals surface area contributed by atoms with Gasteiger partial charge in [-0.3, -0.25) is 9.89 Å². The highest BCUT2D eigenvalue weighted by molar-refractivity contribution is 5.93. The largest absolute Gasteiger partial charge is 0.367 e. The van der Waals surface area contributed by atoms with Gasteiger partial charge in [0.05, 0.1) is 11.7 Å². The van der Waals surface area contributed by atoms with Crippen molar-refractivity contribution in [1.29, 1.82) is 0 Å². The number of H-pyrrole nitrogens is 1. The van der Waals surface area contributed by atoms with Gasteiger partial charge in [-0.2, -0.15) is 5.10 Å². The Balaban J connectivity index is 1.52. The van der Waals surface area contributed by atoms with Crippen LogP contribution in [0.15, 0.2) is 18.3 Å². The summed E-state index contributed by atoms with van der Waals surface area (Å²) in [6, 6.07) is 4.24. The molecule has 1 saturated carbocycles. The lowest BCUT2D eigenvalue weighted by Gasteiger charge is -2.40. The number of hydrogen-bond acceptors (Lipinski definition) is 5. The van der Waals surface area contributed by atoms with Crippen LogP contribution in [0, 0.1) is 6.92 Å². The monoisotopic (exact) mass is 326 g/mol. The van der Waals surface area contributed by atoms with Gasteiger partial charge >= 0.3 is 0 Å². The first-order valence-corrected chi connectivity index (χ1v) is 8.63. The van der Waals surface area contributed by atoms with Gasteiger partial charge in [0.1, 0.15) is 17.3 Å². The Kier molecular flexibility index (Phi) is 3.92. The molecule has 0 radical (unpaired) electrons. The lowest BCUT2D eigenvalue weighted by molar-refractivity contribution is 0.0444. The fourth-order valence-electron chi connectivity index (χ4n) is 3.58. The molecular formula is C17H22N6O. The average Bonchev–Trinajstić information content (AvgIpc) is 3.18. The second-order valence-electron chi connectivity index (χ2n) is 6.62. The second kappa shape index (κ2) is 6.22. The molecule has 4 rings (SSSR count). The number of carbonyl (C=O) groups excluding carboxylic acids is 1. The van der Waals surface area contributed by atoms with Crippen LogP contribution in [0.2, 0.25) is 0 Å². The summed E-state index contributed by atoms with van der Waals surface area (Å²) in [7, 11) is 0. The fourth-order valence-corrected chi connectivity index (χ4v) is 3.58. The van der Waals surface area contributed by atoms with E-state index in [1.54, 1.807) is 12.3 Å². The number of aromatic amines is 1. The van der Waals surface area contributed by atoms with Crippen LogP contribution in [-0.4, -0.2) is 43.6 Å². The zero-order chi connectivity index (χ0) is 16.5. The van der Waals surface area contributed by atoms with Crippen LogP contribution in [0.3, 0.4) is 0 Å². The van der Waals surface area contributed by atoms with Crippen molar-refractivity contribution in [1.82, 2.24) is 25.1 Å². The van der Waals surface area contributed by atoms with Crippen LogP contribution in [0.5, 0.6) is 0 Å². The van der Waals surface area contributed by atoms with Crippen LogP contribution < -0.4 is 5.32 Å². The first-order chi connectivity index (χ1) is 11.7. The van der Waals surface area contributed by atoms with E-state index in [0.717, 1.165) is 30.3 Å².